The zero-order valence-corrected chi connectivity index (χ0v) is 6.41. The highest BCUT2D eigenvalue weighted by Gasteiger charge is 2.31. The predicted molar refractivity (Wildman–Crippen MR) is 39.2 cm³/mol. The minimum absolute atomic E-state index is 0.0650. The molecule has 64 valence electrons. The summed E-state index contributed by atoms with van der Waals surface area (Å²) >= 11 is 0. The third-order valence-corrected chi connectivity index (χ3v) is 1.20. The van der Waals surface area contributed by atoms with Gasteiger partial charge in [0.2, 0.25) is 0 Å². The lowest BCUT2D eigenvalue weighted by Crippen LogP contribution is -2.11. The summed E-state index contributed by atoms with van der Waals surface area (Å²) in [4.78, 5) is 0. The Balaban J connectivity index is 4.34. The molecule has 0 aliphatic carbocycles. The van der Waals surface area contributed by atoms with Crippen LogP contribution in [-0.2, 0) is 0 Å². The van der Waals surface area contributed by atoms with E-state index < -0.39 is 11.7 Å². The van der Waals surface area contributed by atoms with Crippen molar-refractivity contribution in [1.82, 2.24) is 0 Å². The van der Waals surface area contributed by atoms with E-state index in [1.165, 1.54) is 6.08 Å². The molecule has 0 rings (SSSR count). The Morgan fingerprint density at radius 1 is 1.45 bits per heavy atom. The largest absolute Gasteiger partial charge is 0.412 e. The Labute approximate surface area is 64.4 Å². The van der Waals surface area contributed by atoms with E-state index in [1.807, 2.05) is 0 Å². The van der Waals surface area contributed by atoms with Gasteiger partial charge in [0.1, 0.15) is 0 Å². The van der Waals surface area contributed by atoms with Gasteiger partial charge >= 0.3 is 6.18 Å². The van der Waals surface area contributed by atoms with E-state index in [2.05, 4.69) is 6.58 Å². The maximum absolute atomic E-state index is 12.0. The Bertz CT molecular complexity index is 153. The molecule has 0 saturated carbocycles. The molecule has 0 amide bonds. The van der Waals surface area contributed by atoms with Crippen molar-refractivity contribution < 1.29 is 13.2 Å². The zero-order valence-electron chi connectivity index (χ0n) is 6.41. The molecule has 0 aromatic rings. The number of rotatable bonds is 3. The Morgan fingerprint density at radius 2 is 2.00 bits per heavy atom. The monoisotopic (exact) mass is 164 g/mol. The molecule has 0 aliphatic heterocycles. The van der Waals surface area contributed by atoms with Crippen molar-refractivity contribution in [2.24, 2.45) is 0 Å². The van der Waals surface area contributed by atoms with E-state index in [9.17, 15) is 13.2 Å². The highest BCUT2D eigenvalue weighted by molar-refractivity contribution is 5.15. The zero-order chi connectivity index (χ0) is 8.91. The van der Waals surface area contributed by atoms with Gasteiger partial charge in [-0.3, -0.25) is 0 Å². The average molecular weight is 164 g/mol. The number of allylic oxidation sites excluding steroid dienone is 3. The first-order valence-corrected chi connectivity index (χ1v) is 3.41. The normalized spacial score (nSPS) is 13.3. The molecule has 0 fully saturated rings. The molecule has 0 aromatic heterocycles. The fourth-order valence-electron chi connectivity index (χ4n) is 0.731. The van der Waals surface area contributed by atoms with Gasteiger partial charge in [0.25, 0.3) is 0 Å². The molecule has 0 radical (unpaired) electrons. The van der Waals surface area contributed by atoms with Crippen molar-refractivity contribution in [3.05, 3.63) is 24.3 Å². The lowest BCUT2D eigenvalue weighted by Gasteiger charge is -2.08. The number of hydrogen-bond donors (Lipinski definition) is 0. The first-order chi connectivity index (χ1) is 5.02. The van der Waals surface area contributed by atoms with Gasteiger partial charge in [0.15, 0.2) is 0 Å². The second kappa shape index (κ2) is 4.21. The Hall–Kier alpha value is -0.730. The van der Waals surface area contributed by atoms with Crippen LogP contribution in [0.1, 0.15) is 19.8 Å². The molecule has 0 bridgehead atoms. The topological polar surface area (TPSA) is 0 Å². The van der Waals surface area contributed by atoms with Gasteiger partial charge in [-0.15, -0.1) is 0 Å². The van der Waals surface area contributed by atoms with Crippen LogP contribution in [0.25, 0.3) is 0 Å². The van der Waals surface area contributed by atoms with Crippen LogP contribution in [0.4, 0.5) is 13.2 Å². The van der Waals surface area contributed by atoms with Gasteiger partial charge in [-0.05, 0) is 6.42 Å². The SMILES string of the molecule is C=C/C=C(\CCC)C(F)(F)F. The van der Waals surface area contributed by atoms with Crippen molar-refractivity contribution in [2.75, 3.05) is 0 Å². The van der Waals surface area contributed by atoms with E-state index in [1.54, 1.807) is 6.92 Å². The van der Waals surface area contributed by atoms with Crippen LogP contribution in [-0.4, -0.2) is 6.18 Å². The molecule has 11 heavy (non-hydrogen) atoms. The van der Waals surface area contributed by atoms with E-state index in [4.69, 9.17) is 0 Å². The fraction of sp³-hybridized carbons (Fsp3) is 0.500. The van der Waals surface area contributed by atoms with Crippen molar-refractivity contribution in [3.63, 3.8) is 0 Å². The molecule has 0 atom stereocenters. The van der Waals surface area contributed by atoms with Crippen LogP contribution >= 0.6 is 0 Å². The van der Waals surface area contributed by atoms with Crippen molar-refractivity contribution >= 4 is 0 Å². The van der Waals surface area contributed by atoms with Crippen LogP contribution in [0.3, 0.4) is 0 Å². The predicted octanol–water partition coefficient (Wildman–Crippen LogP) is 3.46. The van der Waals surface area contributed by atoms with Crippen LogP contribution < -0.4 is 0 Å². The summed E-state index contributed by atoms with van der Waals surface area (Å²) in [6.07, 6.45) is -1.44. The van der Waals surface area contributed by atoms with E-state index in [0.717, 1.165) is 6.08 Å². The molecule has 0 saturated heterocycles. The summed E-state index contributed by atoms with van der Waals surface area (Å²) in [5.74, 6) is 0. The summed E-state index contributed by atoms with van der Waals surface area (Å²) in [5.41, 5.74) is -0.505. The standard InChI is InChI=1S/C8H11F3/c1-3-5-7(6-4-2)8(9,10)11/h3,5H,1,4,6H2,2H3/b7-5+. The summed E-state index contributed by atoms with van der Waals surface area (Å²) in [7, 11) is 0. The van der Waals surface area contributed by atoms with Gasteiger partial charge in [0.05, 0.1) is 0 Å². The quantitative estimate of drug-likeness (QED) is 0.560. The molecule has 0 aromatic carbocycles. The molecule has 0 unspecified atom stereocenters. The smallest absolute Gasteiger partial charge is 0.166 e. The number of hydrogen-bond acceptors (Lipinski definition) is 0. The van der Waals surface area contributed by atoms with E-state index >= 15 is 0 Å². The highest BCUT2D eigenvalue weighted by Crippen LogP contribution is 2.28. The van der Waals surface area contributed by atoms with Gasteiger partial charge in [-0.2, -0.15) is 13.2 Å². The maximum atomic E-state index is 12.0. The molecule has 0 spiro atoms. The van der Waals surface area contributed by atoms with Crippen molar-refractivity contribution in [1.29, 1.82) is 0 Å². The Morgan fingerprint density at radius 3 is 2.27 bits per heavy atom. The molecular weight excluding hydrogens is 153 g/mol. The third kappa shape index (κ3) is 3.86. The molecule has 3 heteroatoms. The molecule has 0 N–H and O–H groups in total. The summed E-state index contributed by atoms with van der Waals surface area (Å²) in [6.45, 7) is 4.93. The van der Waals surface area contributed by atoms with Crippen molar-refractivity contribution in [3.8, 4) is 0 Å². The summed E-state index contributed by atoms with van der Waals surface area (Å²) in [5, 5.41) is 0. The first kappa shape index (κ1) is 10.3. The lowest BCUT2D eigenvalue weighted by atomic mass is 10.1. The van der Waals surface area contributed by atoms with Crippen LogP contribution in [0.5, 0.6) is 0 Å². The minimum Gasteiger partial charge on any atom is -0.166 e. The Kier molecular flexibility index (Phi) is 3.93. The minimum atomic E-state index is -4.19. The van der Waals surface area contributed by atoms with Crippen LogP contribution in [0.2, 0.25) is 0 Å². The maximum Gasteiger partial charge on any atom is 0.412 e. The summed E-state index contributed by atoms with van der Waals surface area (Å²) in [6, 6.07) is 0. The number of halogens is 3. The molecule has 0 nitrogen and oxygen atoms in total. The summed E-state index contributed by atoms with van der Waals surface area (Å²) < 4.78 is 35.9. The van der Waals surface area contributed by atoms with E-state index in [-0.39, 0.29) is 6.42 Å². The average Bonchev–Trinajstić information content (AvgIpc) is 1.85. The third-order valence-electron chi connectivity index (χ3n) is 1.20. The van der Waals surface area contributed by atoms with Gasteiger partial charge in [-0.1, -0.05) is 32.1 Å². The second-order valence-electron chi connectivity index (χ2n) is 2.18. The van der Waals surface area contributed by atoms with Crippen molar-refractivity contribution in [2.45, 2.75) is 25.9 Å². The fourth-order valence-corrected chi connectivity index (χ4v) is 0.731. The molecule has 0 heterocycles. The van der Waals surface area contributed by atoms with Gasteiger partial charge in [-0.25, -0.2) is 0 Å². The second-order valence-corrected chi connectivity index (χ2v) is 2.18. The van der Waals surface area contributed by atoms with Crippen LogP contribution in [0.15, 0.2) is 24.3 Å². The lowest BCUT2D eigenvalue weighted by molar-refractivity contribution is -0.0940. The van der Waals surface area contributed by atoms with Gasteiger partial charge < -0.3 is 0 Å². The number of alkyl halides is 3. The first-order valence-electron chi connectivity index (χ1n) is 3.41. The van der Waals surface area contributed by atoms with Crippen LogP contribution in [0, 0.1) is 0 Å². The van der Waals surface area contributed by atoms with E-state index in [0.29, 0.717) is 6.42 Å². The molecule has 0 aliphatic rings. The molecular formula is C8H11F3. The highest BCUT2D eigenvalue weighted by atomic mass is 19.4. The van der Waals surface area contributed by atoms with Gasteiger partial charge in [0, 0.05) is 5.57 Å².